The largest absolute Gasteiger partial charge is 0.261 e. The zero-order valence-electron chi connectivity index (χ0n) is 5.73. The summed E-state index contributed by atoms with van der Waals surface area (Å²) in [6, 6.07) is 7.15. The highest BCUT2D eigenvalue weighted by Gasteiger charge is 1.83. The average molecular weight is 146 g/mol. The summed E-state index contributed by atoms with van der Waals surface area (Å²) in [5, 5.41) is 11.6. The van der Waals surface area contributed by atoms with Gasteiger partial charge in [-0.05, 0) is 12.1 Å². The van der Waals surface area contributed by atoms with E-state index in [4.69, 9.17) is 5.26 Å². The minimum atomic E-state index is 0.624. The number of rotatable bonds is 2. The smallest absolute Gasteiger partial charge is 0.146 e. The van der Waals surface area contributed by atoms with Gasteiger partial charge >= 0.3 is 0 Å². The molecule has 0 aromatic carbocycles. The molecule has 0 aliphatic carbocycles. The van der Waals surface area contributed by atoms with Gasteiger partial charge in [-0.15, -0.1) is 0 Å². The summed E-state index contributed by atoms with van der Waals surface area (Å²) in [5.41, 5.74) is 2.58. The quantitative estimate of drug-likeness (QED) is 0.500. The third-order valence-corrected chi connectivity index (χ3v) is 0.966. The highest BCUT2D eigenvalue weighted by atomic mass is 15.3. The number of nitrogens with one attached hydrogen (secondary N) is 1. The minimum absolute atomic E-state index is 0.624. The van der Waals surface area contributed by atoms with Gasteiger partial charge in [0.2, 0.25) is 0 Å². The highest BCUT2D eigenvalue weighted by Crippen LogP contribution is 1.97. The Kier molecular flexibility index (Phi) is 2.63. The van der Waals surface area contributed by atoms with Crippen LogP contribution in [0.5, 0.6) is 0 Å². The molecular formula is C7H6N4. The van der Waals surface area contributed by atoms with Crippen LogP contribution in [0.15, 0.2) is 29.5 Å². The van der Waals surface area contributed by atoms with Crippen LogP contribution in [-0.2, 0) is 0 Å². The number of nitriles is 1. The van der Waals surface area contributed by atoms with Gasteiger partial charge in [-0.25, -0.2) is 4.98 Å². The van der Waals surface area contributed by atoms with Crippen LogP contribution in [0.25, 0.3) is 0 Å². The van der Waals surface area contributed by atoms with Gasteiger partial charge in [0.15, 0.2) is 0 Å². The topological polar surface area (TPSA) is 61.1 Å². The number of aromatic nitrogens is 1. The third kappa shape index (κ3) is 2.45. The molecule has 1 heterocycles. The molecule has 0 atom stereocenters. The number of hydrogen-bond acceptors (Lipinski definition) is 4. The van der Waals surface area contributed by atoms with E-state index in [0.717, 1.165) is 6.21 Å². The Hall–Kier alpha value is -1.89. The summed E-state index contributed by atoms with van der Waals surface area (Å²) in [5.74, 6) is 0.624. The maximum atomic E-state index is 8.08. The van der Waals surface area contributed by atoms with Crippen molar-refractivity contribution in [2.24, 2.45) is 5.10 Å². The number of hydrazone groups is 1. The van der Waals surface area contributed by atoms with Crippen molar-refractivity contribution in [1.82, 2.24) is 4.98 Å². The van der Waals surface area contributed by atoms with Crippen LogP contribution in [0, 0.1) is 11.3 Å². The fourth-order valence-corrected chi connectivity index (χ4v) is 0.556. The van der Waals surface area contributed by atoms with E-state index in [1.165, 1.54) is 0 Å². The van der Waals surface area contributed by atoms with Crippen LogP contribution in [0.3, 0.4) is 0 Å². The van der Waals surface area contributed by atoms with Gasteiger partial charge in [0, 0.05) is 6.20 Å². The van der Waals surface area contributed by atoms with E-state index in [9.17, 15) is 0 Å². The average Bonchev–Trinajstić information content (AvgIpc) is 2.07. The lowest BCUT2D eigenvalue weighted by molar-refractivity contribution is 1.23. The van der Waals surface area contributed by atoms with E-state index in [2.05, 4.69) is 15.5 Å². The fourth-order valence-electron chi connectivity index (χ4n) is 0.556. The molecule has 1 N–H and O–H groups in total. The number of hydrogen-bond donors (Lipinski definition) is 1. The first-order valence-electron chi connectivity index (χ1n) is 3.01. The van der Waals surface area contributed by atoms with Gasteiger partial charge in [-0.3, -0.25) is 5.43 Å². The monoisotopic (exact) mass is 146 g/mol. The Balaban J connectivity index is 2.53. The number of anilines is 1. The molecule has 0 saturated heterocycles. The summed E-state index contributed by atoms with van der Waals surface area (Å²) in [6.45, 7) is 0. The molecular weight excluding hydrogens is 140 g/mol. The molecule has 1 aromatic rings. The zero-order valence-corrected chi connectivity index (χ0v) is 5.73. The van der Waals surface area contributed by atoms with Gasteiger partial charge in [-0.1, -0.05) is 6.07 Å². The minimum Gasteiger partial charge on any atom is -0.261 e. The van der Waals surface area contributed by atoms with Gasteiger partial charge in [0.25, 0.3) is 0 Å². The van der Waals surface area contributed by atoms with Gasteiger partial charge in [0.1, 0.15) is 18.1 Å². The lowest BCUT2D eigenvalue weighted by atomic mass is 10.5. The summed E-state index contributed by atoms with van der Waals surface area (Å²) in [7, 11) is 0. The molecule has 0 spiro atoms. The normalized spacial score (nSPS) is 9.36. The molecule has 0 bridgehead atoms. The van der Waals surface area contributed by atoms with Crippen molar-refractivity contribution in [3.63, 3.8) is 0 Å². The first kappa shape index (κ1) is 7.22. The Morgan fingerprint density at radius 1 is 1.64 bits per heavy atom. The van der Waals surface area contributed by atoms with E-state index in [0.29, 0.717) is 5.82 Å². The van der Waals surface area contributed by atoms with Crippen LogP contribution in [0.2, 0.25) is 0 Å². The van der Waals surface area contributed by atoms with Crippen LogP contribution in [0.1, 0.15) is 0 Å². The third-order valence-electron chi connectivity index (χ3n) is 0.966. The van der Waals surface area contributed by atoms with Crippen molar-refractivity contribution >= 4 is 12.0 Å². The molecule has 1 aromatic heterocycles. The number of pyridine rings is 1. The van der Waals surface area contributed by atoms with Gasteiger partial charge in [0.05, 0.1) is 0 Å². The van der Waals surface area contributed by atoms with Crippen molar-refractivity contribution in [3.05, 3.63) is 24.4 Å². The maximum absolute atomic E-state index is 8.08. The second-order valence-electron chi connectivity index (χ2n) is 1.71. The van der Waals surface area contributed by atoms with Crippen molar-refractivity contribution < 1.29 is 0 Å². The predicted molar refractivity (Wildman–Crippen MR) is 42.0 cm³/mol. The summed E-state index contributed by atoms with van der Waals surface area (Å²) >= 11 is 0. The molecule has 54 valence electrons. The highest BCUT2D eigenvalue weighted by molar-refractivity contribution is 5.75. The van der Waals surface area contributed by atoms with Crippen molar-refractivity contribution in [2.45, 2.75) is 0 Å². The second kappa shape index (κ2) is 4.01. The Labute approximate surface area is 64.2 Å². The molecule has 1 rings (SSSR count). The Morgan fingerprint density at radius 2 is 2.55 bits per heavy atom. The second-order valence-corrected chi connectivity index (χ2v) is 1.71. The molecule has 11 heavy (non-hydrogen) atoms. The predicted octanol–water partition coefficient (Wildman–Crippen LogP) is 1.00. The van der Waals surface area contributed by atoms with Crippen LogP contribution < -0.4 is 5.43 Å². The Bertz CT molecular complexity index is 272. The van der Waals surface area contributed by atoms with E-state index in [-0.39, 0.29) is 0 Å². The van der Waals surface area contributed by atoms with E-state index >= 15 is 0 Å². The molecule has 0 fully saturated rings. The first-order valence-corrected chi connectivity index (χ1v) is 3.01. The van der Waals surface area contributed by atoms with Gasteiger partial charge in [-0.2, -0.15) is 10.4 Å². The molecule has 4 heteroatoms. The molecule has 0 unspecified atom stereocenters. The Morgan fingerprint density at radius 3 is 3.18 bits per heavy atom. The van der Waals surface area contributed by atoms with Crippen molar-refractivity contribution in [1.29, 1.82) is 5.26 Å². The van der Waals surface area contributed by atoms with Crippen LogP contribution >= 0.6 is 0 Å². The van der Waals surface area contributed by atoms with E-state index < -0.39 is 0 Å². The summed E-state index contributed by atoms with van der Waals surface area (Å²) in [4.78, 5) is 3.92. The zero-order chi connectivity index (χ0) is 7.94. The van der Waals surface area contributed by atoms with E-state index in [1.54, 1.807) is 24.4 Å². The van der Waals surface area contributed by atoms with Crippen LogP contribution in [0.4, 0.5) is 5.82 Å². The lowest BCUT2D eigenvalue weighted by Gasteiger charge is -1.94. The van der Waals surface area contributed by atoms with Crippen molar-refractivity contribution in [2.75, 3.05) is 5.43 Å². The molecule has 0 aliphatic heterocycles. The van der Waals surface area contributed by atoms with Crippen LogP contribution in [-0.4, -0.2) is 11.2 Å². The maximum Gasteiger partial charge on any atom is 0.146 e. The SMILES string of the molecule is N#C/C=N/Nc1ccccn1. The molecule has 4 nitrogen and oxygen atoms in total. The van der Waals surface area contributed by atoms with Gasteiger partial charge < -0.3 is 0 Å². The standard InChI is InChI=1S/C7H6N4/c8-4-6-10-11-7-3-1-2-5-9-7/h1-3,5-6H,(H,9,11)/b10-6+. The molecule has 0 aliphatic rings. The van der Waals surface area contributed by atoms with Crippen molar-refractivity contribution in [3.8, 4) is 6.07 Å². The molecule has 0 amide bonds. The lowest BCUT2D eigenvalue weighted by Crippen LogP contribution is -1.89. The first-order chi connectivity index (χ1) is 5.43. The fraction of sp³-hybridized carbons (Fsp3) is 0. The number of nitrogens with zero attached hydrogens (tertiary/aromatic N) is 3. The van der Waals surface area contributed by atoms with E-state index in [1.807, 2.05) is 6.07 Å². The summed E-state index contributed by atoms with van der Waals surface area (Å²) < 4.78 is 0. The summed E-state index contributed by atoms with van der Waals surface area (Å²) in [6.07, 6.45) is 2.75. The molecule has 0 saturated carbocycles. The molecule has 0 radical (unpaired) electrons.